The number of fused-ring (bicyclic) bond motifs is 7. The van der Waals surface area contributed by atoms with E-state index in [0.717, 1.165) is 55.5 Å². The van der Waals surface area contributed by atoms with Crippen molar-refractivity contribution in [1.82, 2.24) is 25.6 Å². The number of H-pyrrole nitrogens is 1. The van der Waals surface area contributed by atoms with Crippen molar-refractivity contribution in [3.8, 4) is 39.8 Å². The van der Waals surface area contributed by atoms with Crippen LogP contribution in [0.15, 0.2) is 106 Å². The van der Waals surface area contributed by atoms with Crippen LogP contribution in [0.25, 0.3) is 44.9 Å². The van der Waals surface area contributed by atoms with E-state index in [-0.39, 0.29) is 42.6 Å². The predicted molar refractivity (Wildman–Crippen MR) is 220 cm³/mol. The summed E-state index contributed by atoms with van der Waals surface area (Å²) in [6, 6.07) is 26.6. The summed E-state index contributed by atoms with van der Waals surface area (Å²) in [6.07, 6.45) is 2.45. The molecule has 10 bridgehead atoms. The van der Waals surface area contributed by atoms with Crippen LogP contribution < -0.4 is 20.7 Å². The first-order chi connectivity index (χ1) is 28.7. The van der Waals surface area contributed by atoms with E-state index in [4.69, 9.17) is 28.3 Å². The van der Waals surface area contributed by atoms with Gasteiger partial charge in [0.1, 0.15) is 29.4 Å². The monoisotopic (exact) mass is 786 g/mol. The number of anilines is 1. The third-order valence-corrected chi connectivity index (χ3v) is 12.3. The fourth-order valence-electron chi connectivity index (χ4n) is 9.44. The molecule has 5 unspecified atom stereocenters. The molecule has 0 saturated heterocycles. The van der Waals surface area contributed by atoms with Gasteiger partial charge in [0.15, 0.2) is 23.4 Å². The lowest BCUT2D eigenvalue weighted by atomic mass is 9.72. The molecule has 3 aromatic heterocycles. The minimum Gasteiger partial charge on any atom is -0.469 e. The highest BCUT2D eigenvalue weighted by molar-refractivity contribution is 6.07. The van der Waals surface area contributed by atoms with E-state index < -0.39 is 29.8 Å². The van der Waals surface area contributed by atoms with Gasteiger partial charge in [-0.15, -0.1) is 0 Å². The van der Waals surface area contributed by atoms with Crippen LogP contribution >= 0.6 is 0 Å². The molecule has 4 aliphatic rings. The zero-order valence-electron chi connectivity index (χ0n) is 33.0. The molecule has 0 saturated carbocycles. The number of hydrogen-bond acceptors (Lipinski definition) is 9. The summed E-state index contributed by atoms with van der Waals surface area (Å²) in [4.78, 5) is 42.2. The molecule has 296 valence electrons. The van der Waals surface area contributed by atoms with Crippen molar-refractivity contribution in [1.29, 1.82) is 0 Å². The Balaban J connectivity index is 1.10. The molecule has 2 amide bonds. The summed E-state index contributed by atoms with van der Waals surface area (Å²) in [5, 5.41) is 11.1. The quantitative estimate of drug-likeness (QED) is 0.126. The summed E-state index contributed by atoms with van der Waals surface area (Å²) in [6.45, 7) is 8.14. The molecular weight excluding hydrogens is 745 g/mol. The number of oxazole rings is 2. The zero-order valence-corrected chi connectivity index (χ0v) is 33.0. The molecule has 12 nitrogen and oxygen atoms in total. The first-order valence-corrected chi connectivity index (χ1v) is 20.2. The van der Waals surface area contributed by atoms with E-state index in [9.17, 15) is 9.59 Å². The number of nitrogens with one attached hydrogen (secondary N) is 4. The molecular formula is C47H42N6O6. The second-order valence-corrected chi connectivity index (χ2v) is 16.7. The number of nitrogens with zero attached hydrogens (tertiary/aromatic N) is 2. The number of carbonyl (C=O) groups is 2. The van der Waals surface area contributed by atoms with Crippen molar-refractivity contribution in [2.45, 2.75) is 70.6 Å². The van der Waals surface area contributed by atoms with Crippen LogP contribution in [0.2, 0.25) is 0 Å². The van der Waals surface area contributed by atoms with E-state index in [1.54, 1.807) is 6.20 Å². The molecule has 7 aromatic rings. The Bertz CT molecular complexity index is 2820. The van der Waals surface area contributed by atoms with E-state index in [2.05, 4.69) is 57.3 Å². The molecule has 1 spiro atoms. The minimum atomic E-state index is -1.06. The van der Waals surface area contributed by atoms with Crippen molar-refractivity contribution >= 4 is 28.4 Å². The number of carbonyl (C=O) groups excluding carboxylic acids is 2. The molecule has 12 heteroatoms. The van der Waals surface area contributed by atoms with E-state index in [1.807, 2.05) is 82.4 Å². The van der Waals surface area contributed by atoms with Gasteiger partial charge in [-0.1, -0.05) is 100 Å². The number of rotatable bonds is 7. The Labute approximate surface area is 339 Å². The third kappa shape index (κ3) is 5.32. The lowest BCUT2D eigenvalue weighted by molar-refractivity contribution is -0.140. The summed E-state index contributed by atoms with van der Waals surface area (Å²) < 4.78 is 26.8. The second-order valence-electron chi connectivity index (χ2n) is 16.7. The molecule has 59 heavy (non-hydrogen) atoms. The van der Waals surface area contributed by atoms with E-state index in [1.165, 1.54) is 0 Å². The fourth-order valence-corrected chi connectivity index (χ4v) is 9.44. The van der Waals surface area contributed by atoms with E-state index in [0.29, 0.717) is 28.9 Å². The Morgan fingerprint density at radius 3 is 2.59 bits per heavy atom. The molecule has 4 N–H and O–H groups in total. The number of para-hydroxylation sites is 1. The lowest BCUT2D eigenvalue weighted by Crippen LogP contribution is -2.53. The van der Waals surface area contributed by atoms with Crippen LogP contribution in [0.3, 0.4) is 0 Å². The fraction of sp³-hybridized carbons (Fsp3) is 0.277. The SMILES string of the molecule is CC(C)C(OCc1ccccc1)C(=O)NC1Cc2ccc3c(c2)C24c5cccc(c5NC2O3)-c2cccc3[nH]cc(c23)-c2cnc(o2)-c2nc(oc24)C(C(C)C)NC1=O. The number of ether oxygens (including phenoxy) is 2. The van der Waals surface area contributed by atoms with Crippen LogP contribution in [-0.2, 0) is 32.8 Å². The summed E-state index contributed by atoms with van der Waals surface area (Å²) in [5.74, 6) is 1.26. The molecule has 4 aromatic carbocycles. The van der Waals surface area contributed by atoms with Gasteiger partial charge in [-0.25, -0.2) is 9.97 Å². The van der Waals surface area contributed by atoms with Gasteiger partial charge in [0, 0.05) is 51.5 Å². The van der Waals surface area contributed by atoms with Gasteiger partial charge >= 0.3 is 0 Å². The largest absolute Gasteiger partial charge is 0.469 e. The molecule has 0 aliphatic carbocycles. The average Bonchev–Trinajstić information content (AvgIpc) is 4.06. The van der Waals surface area contributed by atoms with Gasteiger partial charge in [0.2, 0.25) is 23.6 Å². The zero-order chi connectivity index (χ0) is 40.2. The summed E-state index contributed by atoms with van der Waals surface area (Å²) >= 11 is 0. The summed E-state index contributed by atoms with van der Waals surface area (Å²) in [5.41, 5.74) is 7.70. The van der Waals surface area contributed by atoms with Gasteiger partial charge in [0.05, 0.1) is 12.8 Å². The average molecular weight is 787 g/mol. The Kier molecular flexibility index (Phi) is 7.93. The van der Waals surface area contributed by atoms with Gasteiger partial charge in [0.25, 0.3) is 0 Å². The topological polar surface area (TPSA) is 157 Å². The standard InChI is InChI=1S/C47H42N6O6/c1-23(2)37-45-52-39-41(59-45)47-30-14-8-13-28(27-12-9-15-32-36(27)29(20-48-32)35-21-49-44(39)57-35)38(30)53-46(47)58-34-17-16-26(18-31(34)47)19-33(42(54)51-37)50-43(55)40(24(3)4)56-22-25-10-6-5-7-11-25/h5-18,20-21,23-24,33,37,40,46,48,53H,19,22H2,1-4H3,(H,50,55)(H,51,54). The maximum Gasteiger partial charge on any atom is 0.250 e. The maximum absolute atomic E-state index is 14.6. The molecule has 5 atom stereocenters. The predicted octanol–water partition coefficient (Wildman–Crippen LogP) is 8.03. The Morgan fingerprint density at radius 1 is 0.932 bits per heavy atom. The Hall–Kier alpha value is -6.66. The maximum atomic E-state index is 14.6. The third-order valence-electron chi connectivity index (χ3n) is 12.3. The highest BCUT2D eigenvalue weighted by Crippen LogP contribution is 2.61. The van der Waals surface area contributed by atoms with Crippen molar-refractivity contribution in [3.05, 3.63) is 131 Å². The van der Waals surface area contributed by atoms with Gasteiger partial charge in [-0.3, -0.25) is 9.59 Å². The lowest BCUT2D eigenvalue weighted by Gasteiger charge is -2.29. The number of benzene rings is 4. The molecule has 11 rings (SSSR count). The molecule has 7 heterocycles. The molecule has 0 radical (unpaired) electrons. The van der Waals surface area contributed by atoms with Crippen molar-refractivity contribution in [2.24, 2.45) is 11.8 Å². The first kappa shape index (κ1) is 35.5. The smallest absolute Gasteiger partial charge is 0.250 e. The van der Waals surface area contributed by atoms with E-state index >= 15 is 0 Å². The summed E-state index contributed by atoms with van der Waals surface area (Å²) in [7, 11) is 0. The number of hydrogen-bond donors (Lipinski definition) is 4. The van der Waals surface area contributed by atoms with Crippen LogP contribution in [0.1, 0.15) is 67.6 Å². The van der Waals surface area contributed by atoms with Gasteiger partial charge in [-0.2, -0.15) is 0 Å². The normalized spacial score (nSPS) is 21.3. The molecule has 0 fully saturated rings. The van der Waals surface area contributed by atoms with Gasteiger partial charge in [-0.05, 0) is 40.7 Å². The van der Waals surface area contributed by atoms with Crippen LogP contribution in [-0.4, -0.2) is 45.1 Å². The van der Waals surface area contributed by atoms with Crippen LogP contribution in [0, 0.1) is 11.8 Å². The highest BCUT2D eigenvalue weighted by atomic mass is 16.5. The Morgan fingerprint density at radius 2 is 1.76 bits per heavy atom. The minimum absolute atomic E-state index is 0.156. The number of aromatic nitrogens is 3. The van der Waals surface area contributed by atoms with Crippen molar-refractivity contribution in [3.63, 3.8) is 0 Å². The van der Waals surface area contributed by atoms with Crippen LogP contribution in [0.5, 0.6) is 5.75 Å². The number of aromatic amines is 1. The van der Waals surface area contributed by atoms with Crippen molar-refractivity contribution in [2.75, 3.05) is 5.32 Å². The molecule has 4 aliphatic heterocycles. The van der Waals surface area contributed by atoms with Crippen LogP contribution in [0.4, 0.5) is 5.69 Å². The first-order valence-electron chi connectivity index (χ1n) is 20.2. The second kappa shape index (κ2) is 13.2. The number of amides is 2. The van der Waals surface area contributed by atoms with Crippen molar-refractivity contribution < 1.29 is 27.9 Å². The highest BCUT2D eigenvalue weighted by Gasteiger charge is 2.61. The van der Waals surface area contributed by atoms with Gasteiger partial charge < -0.3 is 39.2 Å².